The molecule has 0 bridgehead atoms. The van der Waals surface area contributed by atoms with E-state index in [1.165, 1.54) is 12.2 Å². The first-order chi connectivity index (χ1) is 12.8. The second kappa shape index (κ2) is 8.94. The molecule has 0 amide bonds. The van der Waals surface area contributed by atoms with Crippen molar-refractivity contribution >= 4 is 39.7 Å². The van der Waals surface area contributed by atoms with E-state index in [4.69, 9.17) is 9.47 Å². The Balaban J connectivity index is 2.38. The number of H-pyrrole nitrogens is 2. The average Bonchev–Trinajstić information content (AvgIpc) is 2.58. The van der Waals surface area contributed by atoms with Crippen LogP contribution in [0.25, 0.3) is 12.2 Å². The third-order valence-corrected chi connectivity index (χ3v) is 3.67. The fraction of sp³-hybridized carbons (Fsp3) is 0.188. The summed E-state index contributed by atoms with van der Waals surface area (Å²) in [7, 11) is 0. The van der Waals surface area contributed by atoms with Crippen molar-refractivity contribution in [2.24, 2.45) is 0 Å². The Bertz CT molecular complexity index is 1010. The van der Waals surface area contributed by atoms with Gasteiger partial charge < -0.3 is 14.5 Å². The molecule has 0 aliphatic heterocycles. The highest BCUT2D eigenvalue weighted by Crippen LogP contribution is 2.25. The standard InChI is InChI=1S/C16H14BrN3O7/c1-2-26-13(21)8-27-12-6-4-10(17)7-9(12)3-5-11-14(20(24)25)15(22)19-16(23)18-11/h3-7H,2,8H2,1H3,(H2,18,19,22,23)/b5-3+. The molecule has 10 nitrogen and oxygen atoms in total. The molecule has 142 valence electrons. The van der Waals surface area contributed by atoms with Crippen molar-refractivity contribution in [3.05, 3.63) is 64.9 Å². The number of esters is 1. The summed E-state index contributed by atoms with van der Waals surface area (Å²) in [6.07, 6.45) is 2.61. The predicted molar refractivity (Wildman–Crippen MR) is 99.5 cm³/mol. The highest BCUT2D eigenvalue weighted by molar-refractivity contribution is 9.10. The van der Waals surface area contributed by atoms with E-state index in [1.54, 1.807) is 30.1 Å². The first-order valence-corrected chi connectivity index (χ1v) is 8.38. The Morgan fingerprint density at radius 1 is 1.30 bits per heavy atom. The molecule has 2 N–H and O–H groups in total. The minimum Gasteiger partial charge on any atom is -0.481 e. The van der Waals surface area contributed by atoms with Crippen LogP contribution in [0.15, 0.2) is 32.3 Å². The lowest BCUT2D eigenvalue weighted by atomic mass is 10.1. The number of nitrogens with zero attached hydrogens (tertiary/aromatic N) is 1. The van der Waals surface area contributed by atoms with Gasteiger partial charge in [0, 0.05) is 10.0 Å². The maximum atomic E-state index is 11.6. The van der Waals surface area contributed by atoms with Crippen molar-refractivity contribution in [1.29, 1.82) is 0 Å². The summed E-state index contributed by atoms with van der Waals surface area (Å²) in [6.45, 7) is 1.56. The van der Waals surface area contributed by atoms with Gasteiger partial charge in [-0.2, -0.15) is 0 Å². The maximum Gasteiger partial charge on any atom is 0.357 e. The van der Waals surface area contributed by atoms with Crippen LogP contribution in [0.2, 0.25) is 0 Å². The first-order valence-electron chi connectivity index (χ1n) is 7.59. The molecule has 1 aromatic heterocycles. The normalized spacial score (nSPS) is 10.7. The smallest absolute Gasteiger partial charge is 0.357 e. The number of carbonyl (C=O) groups excluding carboxylic acids is 1. The van der Waals surface area contributed by atoms with Gasteiger partial charge in [0.05, 0.1) is 11.5 Å². The van der Waals surface area contributed by atoms with Gasteiger partial charge in [-0.05, 0) is 37.3 Å². The van der Waals surface area contributed by atoms with Crippen LogP contribution in [0.3, 0.4) is 0 Å². The van der Waals surface area contributed by atoms with E-state index >= 15 is 0 Å². The van der Waals surface area contributed by atoms with Gasteiger partial charge >= 0.3 is 22.9 Å². The lowest BCUT2D eigenvalue weighted by molar-refractivity contribution is -0.386. The zero-order chi connectivity index (χ0) is 20.0. The Morgan fingerprint density at radius 3 is 2.70 bits per heavy atom. The molecule has 0 saturated carbocycles. The number of hydrogen-bond acceptors (Lipinski definition) is 7. The minimum atomic E-state index is -1.11. The van der Waals surface area contributed by atoms with E-state index in [-0.39, 0.29) is 18.9 Å². The van der Waals surface area contributed by atoms with E-state index in [9.17, 15) is 24.5 Å². The Kier molecular flexibility index (Phi) is 6.66. The van der Waals surface area contributed by atoms with Crippen LogP contribution in [-0.2, 0) is 9.53 Å². The summed E-state index contributed by atoms with van der Waals surface area (Å²) < 4.78 is 10.9. The fourth-order valence-electron chi connectivity index (χ4n) is 2.09. The summed E-state index contributed by atoms with van der Waals surface area (Å²) >= 11 is 3.29. The van der Waals surface area contributed by atoms with Crippen LogP contribution in [0.1, 0.15) is 18.2 Å². The van der Waals surface area contributed by atoms with Gasteiger partial charge in [0.15, 0.2) is 6.61 Å². The summed E-state index contributed by atoms with van der Waals surface area (Å²) in [6, 6.07) is 4.89. The van der Waals surface area contributed by atoms with Gasteiger partial charge in [0.25, 0.3) is 0 Å². The molecule has 1 heterocycles. The van der Waals surface area contributed by atoms with Crippen LogP contribution in [-0.4, -0.2) is 34.1 Å². The Hall–Kier alpha value is -3.21. The van der Waals surface area contributed by atoms with Gasteiger partial charge in [0.2, 0.25) is 0 Å². The van der Waals surface area contributed by atoms with Crippen molar-refractivity contribution in [1.82, 2.24) is 9.97 Å². The van der Waals surface area contributed by atoms with Crippen molar-refractivity contribution in [3.63, 3.8) is 0 Å². The molecule has 0 atom stereocenters. The lowest BCUT2D eigenvalue weighted by Gasteiger charge is -2.09. The molecule has 2 aromatic rings. The van der Waals surface area contributed by atoms with Crippen molar-refractivity contribution in [2.45, 2.75) is 6.92 Å². The number of rotatable bonds is 7. The molecular formula is C16H14BrN3O7. The van der Waals surface area contributed by atoms with E-state index in [0.29, 0.717) is 15.8 Å². The number of benzene rings is 1. The topological polar surface area (TPSA) is 144 Å². The zero-order valence-electron chi connectivity index (χ0n) is 14.0. The number of aromatic nitrogens is 2. The van der Waals surface area contributed by atoms with Crippen molar-refractivity contribution < 1.29 is 19.2 Å². The predicted octanol–water partition coefficient (Wildman–Crippen LogP) is 1.85. The molecule has 0 aliphatic carbocycles. The first kappa shape index (κ1) is 20.1. The van der Waals surface area contributed by atoms with Gasteiger partial charge in [0.1, 0.15) is 11.4 Å². The summed E-state index contributed by atoms with van der Waals surface area (Å²) in [4.78, 5) is 48.7. The monoisotopic (exact) mass is 439 g/mol. The zero-order valence-corrected chi connectivity index (χ0v) is 15.6. The van der Waals surface area contributed by atoms with Crippen LogP contribution >= 0.6 is 15.9 Å². The van der Waals surface area contributed by atoms with Crippen LogP contribution in [0.4, 0.5) is 5.69 Å². The molecule has 2 rings (SSSR count). The Labute approximate surface area is 160 Å². The molecule has 27 heavy (non-hydrogen) atoms. The van der Waals surface area contributed by atoms with Crippen LogP contribution < -0.4 is 16.0 Å². The Morgan fingerprint density at radius 2 is 2.04 bits per heavy atom. The molecule has 0 aliphatic rings. The van der Waals surface area contributed by atoms with Gasteiger partial charge in [-0.1, -0.05) is 15.9 Å². The van der Waals surface area contributed by atoms with Gasteiger partial charge in [-0.15, -0.1) is 0 Å². The third-order valence-electron chi connectivity index (χ3n) is 3.18. The summed E-state index contributed by atoms with van der Waals surface area (Å²) in [5.74, 6) is -0.248. The number of aromatic amines is 2. The van der Waals surface area contributed by atoms with Crippen LogP contribution in [0, 0.1) is 10.1 Å². The summed E-state index contributed by atoms with van der Waals surface area (Å²) in [5, 5.41) is 11.1. The lowest BCUT2D eigenvalue weighted by Crippen LogP contribution is -2.25. The molecule has 0 fully saturated rings. The van der Waals surface area contributed by atoms with E-state index in [0.717, 1.165) is 0 Å². The highest BCUT2D eigenvalue weighted by atomic mass is 79.9. The number of halogens is 1. The number of carbonyl (C=O) groups is 1. The minimum absolute atomic E-state index is 0.217. The second-order valence-corrected chi connectivity index (χ2v) is 5.95. The SMILES string of the molecule is CCOC(=O)COc1ccc(Br)cc1/C=C/c1[nH]c(=O)[nH]c(=O)c1[N+](=O)[O-]. The molecule has 0 spiro atoms. The van der Waals surface area contributed by atoms with Gasteiger partial charge in [-0.25, -0.2) is 9.59 Å². The maximum absolute atomic E-state index is 11.6. The van der Waals surface area contributed by atoms with E-state index in [2.05, 4.69) is 20.9 Å². The van der Waals surface area contributed by atoms with Crippen molar-refractivity contribution in [2.75, 3.05) is 13.2 Å². The average molecular weight is 440 g/mol. The number of ether oxygens (including phenoxy) is 2. The number of nitro groups is 1. The van der Waals surface area contributed by atoms with Gasteiger partial charge in [-0.3, -0.25) is 19.9 Å². The molecular weight excluding hydrogens is 426 g/mol. The molecule has 0 unspecified atom stereocenters. The molecule has 1 aromatic carbocycles. The van der Waals surface area contributed by atoms with Crippen molar-refractivity contribution in [3.8, 4) is 5.75 Å². The number of hydrogen-bond donors (Lipinski definition) is 2. The number of nitrogens with one attached hydrogen (secondary N) is 2. The molecule has 11 heteroatoms. The quantitative estimate of drug-likeness (QED) is 0.380. The van der Waals surface area contributed by atoms with E-state index in [1.807, 2.05) is 0 Å². The second-order valence-electron chi connectivity index (χ2n) is 5.04. The fourth-order valence-corrected chi connectivity index (χ4v) is 2.47. The van der Waals surface area contributed by atoms with Crippen LogP contribution in [0.5, 0.6) is 5.75 Å². The largest absolute Gasteiger partial charge is 0.481 e. The third kappa shape index (κ3) is 5.38. The molecule has 0 radical (unpaired) electrons. The molecule has 0 saturated heterocycles. The van der Waals surface area contributed by atoms with E-state index < -0.39 is 27.8 Å². The highest BCUT2D eigenvalue weighted by Gasteiger charge is 2.19. The summed E-state index contributed by atoms with van der Waals surface area (Å²) in [5.41, 5.74) is -2.61.